The van der Waals surface area contributed by atoms with Crippen molar-refractivity contribution in [3.63, 3.8) is 0 Å². The van der Waals surface area contributed by atoms with E-state index < -0.39 is 5.03 Å². The first-order valence-electron chi connectivity index (χ1n) is 1.61. The summed E-state index contributed by atoms with van der Waals surface area (Å²) >= 11 is 0. The summed E-state index contributed by atoms with van der Waals surface area (Å²) < 4.78 is 0. The van der Waals surface area contributed by atoms with E-state index in [1.165, 1.54) is 0 Å². The Morgan fingerprint density at radius 2 is 2.33 bits per heavy atom. The van der Waals surface area contributed by atoms with E-state index in [4.69, 9.17) is 0 Å². The molecule has 1 aromatic heterocycles. The van der Waals surface area contributed by atoms with Crippen LogP contribution in [0.1, 0.15) is 0 Å². The molecule has 0 aromatic carbocycles. The Kier molecular flexibility index (Phi) is 3.28. The molecular formula is CN5NaO2. The van der Waals surface area contributed by atoms with Gasteiger partial charge in [-0.25, -0.2) is 0 Å². The monoisotopic (exact) mass is 137 g/mol. The van der Waals surface area contributed by atoms with E-state index in [1.807, 2.05) is 6.33 Å². The SMILES string of the molecule is O=[N+]([O-])n1[c-]nnn1.[Na+]. The van der Waals surface area contributed by atoms with Crippen LogP contribution in [0.5, 0.6) is 0 Å². The molecule has 0 radical (unpaired) electrons. The summed E-state index contributed by atoms with van der Waals surface area (Å²) in [7, 11) is 0. The van der Waals surface area contributed by atoms with E-state index in [9.17, 15) is 10.1 Å². The van der Waals surface area contributed by atoms with Crippen molar-refractivity contribution in [1.29, 1.82) is 0 Å². The Hall–Kier alpha value is -0.530. The molecule has 42 valence electrons. The summed E-state index contributed by atoms with van der Waals surface area (Å²) in [6.07, 6.45) is 1.88. The molecule has 1 rings (SSSR count). The summed E-state index contributed by atoms with van der Waals surface area (Å²) in [6, 6.07) is 0. The van der Waals surface area contributed by atoms with Gasteiger partial charge in [-0.05, 0) is 0 Å². The first-order valence-corrected chi connectivity index (χ1v) is 1.61. The van der Waals surface area contributed by atoms with Crippen LogP contribution in [0.15, 0.2) is 0 Å². The third kappa shape index (κ3) is 2.04. The zero-order valence-corrected chi connectivity index (χ0v) is 6.55. The molecule has 0 unspecified atom stereocenters. The average Bonchev–Trinajstić information content (AvgIpc) is 2.12. The van der Waals surface area contributed by atoms with Gasteiger partial charge >= 0.3 is 29.6 Å². The van der Waals surface area contributed by atoms with Gasteiger partial charge in [0, 0.05) is 5.03 Å². The average molecular weight is 137 g/mol. The number of hydrogen-bond acceptors (Lipinski definition) is 5. The molecule has 0 fully saturated rings. The molecule has 0 atom stereocenters. The minimum atomic E-state index is -0.792. The predicted octanol–water partition coefficient (Wildman–Crippen LogP) is -4.48. The maximum Gasteiger partial charge on any atom is 1.00 e. The first-order chi connectivity index (χ1) is 3.80. The molecule has 0 aliphatic rings. The number of aromatic nitrogens is 4. The van der Waals surface area contributed by atoms with Crippen molar-refractivity contribution >= 4 is 0 Å². The van der Waals surface area contributed by atoms with Crippen LogP contribution in [-0.2, 0) is 0 Å². The summed E-state index contributed by atoms with van der Waals surface area (Å²) in [5, 5.41) is 17.7. The molecule has 1 heterocycles. The Balaban J connectivity index is 0.000000640. The van der Waals surface area contributed by atoms with Gasteiger partial charge in [0.15, 0.2) is 5.21 Å². The zero-order chi connectivity index (χ0) is 5.98. The van der Waals surface area contributed by atoms with E-state index in [0.29, 0.717) is 4.79 Å². The van der Waals surface area contributed by atoms with Crippen LogP contribution in [0, 0.1) is 16.4 Å². The molecular weight excluding hydrogens is 137 g/mol. The number of hydrogen-bond donors (Lipinski definition) is 0. The van der Waals surface area contributed by atoms with Gasteiger partial charge < -0.3 is 15.2 Å². The van der Waals surface area contributed by atoms with Crippen molar-refractivity contribution < 1.29 is 34.6 Å². The standard InChI is InChI=1S/CN5O2.Na/c7-6(8)5-1-2-3-4-5;/q-1;+1. The van der Waals surface area contributed by atoms with Crippen LogP contribution in [0.3, 0.4) is 0 Å². The molecule has 8 heteroatoms. The molecule has 0 amide bonds. The maximum absolute atomic E-state index is 9.66. The molecule has 7 nitrogen and oxygen atoms in total. The van der Waals surface area contributed by atoms with Gasteiger partial charge in [0.1, 0.15) is 0 Å². The Bertz CT molecular complexity index is 183. The summed E-state index contributed by atoms with van der Waals surface area (Å²) in [6.45, 7) is 0. The van der Waals surface area contributed by atoms with Crippen molar-refractivity contribution in [1.82, 2.24) is 20.3 Å². The fourth-order valence-corrected chi connectivity index (χ4v) is 0.207. The molecule has 0 N–H and O–H groups in total. The van der Waals surface area contributed by atoms with Crippen LogP contribution >= 0.6 is 0 Å². The number of tetrazole rings is 1. The summed E-state index contributed by atoms with van der Waals surface area (Å²) in [4.78, 5) is 9.95. The minimum absolute atomic E-state index is 0. The molecule has 0 saturated carbocycles. The van der Waals surface area contributed by atoms with E-state index in [0.717, 1.165) is 0 Å². The van der Waals surface area contributed by atoms with Gasteiger partial charge in [0.25, 0.3) is 0 Å². The molecule has 9 heavy (non-hydrogen) atoms. The molecule has 0 aliphatic heterocycles. The predicted molar refractivity (Wildman–Crippen MR) is 19.0 cm³/mol. The van der Waals surface area contributed by atoms with E-state index in [1.54, 1.807) is 0 Å². The first kappa shape index (κ1) is 8.47. The van der Waals surface area contributed by atoms with Gasteiger partial charge in [-0.2, -0.15) is 6.33 Å². The minimum Gasteiger partial charge on any atom is -0.341 e. The fourth-order valence-electron chi connectivity index (χ4n) is 0.207. The largest absolute Gasteiger partial charge is 1.00 e. The Labute approximate surface area is 71.5 Å². The Morgan fingerprint density at radius 1 is 1.67 bits per heavy atom. The molecule has 1 aromatic rings. The van der Waals surface area contributed by atoms with Crippen molar-refractivity contribution in [3.8, 4) is 0 Å². The van der Waals surface area contributed by atoms with Crippen molar-refractivity contribution in [3.05, 3.63) is 16.4 Å². The number of nitrogens with zero attached hydrogens (tertiary/aromatic N) is 5. The normalized spacial score (nSPS) is 8.00. The number of nitro groups is 1. The summed E-state index contributed by atoms with van der Waals surface area (Å²) in [5.74, 6) is 0. The van der Waals surface area contributed by atoms with Crippen LogP contribution in [0.25, 0.3) is 0 Å². The molecule has 0 aliphatic carbocycles. The number of rotatable bonds is 1. The second-order valence-electron chi connectivity index (χ2n) is 0.906. The molecule has 0 saturated heterocycles. The van der Waals surface area contributed by atoms with Gasteiger partial charge in [-0.3, -0.25) is 0 Å². The quantitative estimate of drug-likeness (QED) is 0.168. The topological polar surface area (TPSA) is 86.7 Å². The zero-order valence-electron chi connectivity index (χ0n) is 4.55. The smallest absolute Gasteiger partial charge is 0.341 e. The second-order valence-corrected chi connectivity index (χ2v) is 0.906. The van der Waals surface area contributed by atoms with E-state index in [-0.39, 0.29) is 29.6 Å². The van der Waals surface area contributed by atoms with Crippen LogP contribution in [0.2, 0.25) is 0 Å². The third-order valence-electron chi connectivity index (χ3n) is 0.458. The molecule has 0 spiro atoms. The van der Waals surface area contributed by atoms with Crippen molar-refractivity contribution in [2.45, 2.75) is 0 Å². The van der Waals surface area contributed by atoms with Crippen LogP contribution in [0.4, 0.5) is 0 Å². The van der Waals surface area contributed by atoms with E-state index >= 15 is 0 Å². The molecule has 0 bridgehead atoms. The maximum atomic E-state index is 9.66. The van der Waals surface area contributed by atoms with Crippen LogP contribution < -0.4 is 29.6 Å². The second kappa shape index (κ2) is 3.49. The van der Waals surface area contributed by atoms with Gasteiger partial charge in [0.2, 0.25) is 0 Å². The van der Waals surface area contributed by atoms with Crippen LogP contribution in [-0.4, -0.2) is 25.3 Å². The van der Waals surface area contributed by atoms with Gasteiger partial charge in [-0.1, -0.05) is 0 Å². The van der Waals surface area contributed by atoms with Gasteiger partial charge in [0.05, 0.1) is 5.21 Å². The fraction of sp³-hybridized carbons (Fsp3) is 0. The van der Waals surface area contributed by atoms with Gasteiger partial charge in [-0.15, -0.1) is 4.79 Å². The summed E-state index contributed by atoms with van der Waals surface area (Å²) in [5.41, 5.74) is 0. The van der Waals surface area contributed by atoms with Crippen molar-refractivity contribution in [2.24, 2.45) is 0 Å². The van der Waals surface area contributed by atoms with Crippen molar-refractivity contribution in [2.75, 3.05) is 0 Å². The Morgan fingerprint density at radius 3 is 2.56 bits per heavy atom. The van der Waals surface area contributed by atoms with E-state index in [2.05, 4.69) is 15.5 Å². The third-order valence-corrected chi connectivity index (χ3v) is 0.458.